The topological polar surface area (TPSA) is 571 Å². The van der Waals surface area contributed by atoms with Crippen LogP contribution in [0.1, 0.15) is 135 Å². The summed E-state index contributed by atoms with van der Waals surface area (Å²) in [6, 6.07) is 6.77. The molecule has 0 spiro atoms. The maximum absolute atomic E-state index is 10.8. The predicted molar refractivity (Wildman–Crippen MR) is 555 cm³/mol. The summed E-state index contributed by atoms with van der Waals surface area (Å²) in [6.07, 6.45) is 28.1. The molecule has 0 radical (unpaired) electrons. The highest BCUT2D eigenvalue weighted by Gasteiger charge is 2.50. The van der Waals surface area contributed by atoms with Crippen molar-refractivity contribution in [2.24, 2.45) is 0 Å². The number of nitrogens with zero attached hydrogens (tertiary/aromatic N) is 16. The molecule has 20 atom stereocenters. The number of nitrogen functional groups attached to an aromatic ring is 6. The Morgan fingerprint density at radius 3 is 0.910 bits per heavy atom. The summed E-state index contributed by atoms with van der Waals surface area (Å²) >= 11 is 4.79. The second-order valence-electron chi connectivity index (χ2n) is 38.3. The van der Waals surface area contributed by atoms with Gasteiger partial charge in [-0.1, -0.05) is 81.7 Å². The lowest BCUT2D eigenvalue weighted by Crippen LogP contribution is -2.32. The molecule has 133 heavy (non-hydrogen) atoms. The fourth-order valence-electron chi connectivity index (χ4n) is 16.0. The van der Waals surface area contributed by atoms with Crippen LogP contribution in [0.15, 0.2) is 70.8 Å². The third kappa shape index (κ3) is 26.7. The quantitative estimate of drug-likeness (QED) is 0.0104. The van der Waals surface area contributed by atoms with E-state index in [9.17, 15) is 51.1 Å². The molecule has 5 aliphatic rings. The summed E-state index contributed by atoms with van der Waals surface area (Å²) in [4.78, 5) is 48.4. The van der Waals surface area contributed by atoms with Gasteiger partial charge in [-0.05, 0) is 180 Å². The molecule has 5 fully saturated rings. The van der Waals surface area contributed by atoms with Crippen molar-refractivity contribution >= 4 is 192 Å². The third-order valence-corrected chi connectivity index (χ3v) is 34.0. The normalized spacial score (nSPS) is 26.3. The zero-order valence-electron chi connectivity index (χ0n) is 79.0. The van der Waals surface area contributed by atoms with E-state index in [1.165, 1.54) is 10.9 Å². The average molecular weight is 2000 g/mol. The van der Waals surface area contributed by atoms with Crippen molar-refractivity contribution in [2.45, 2.75) is 243 Å². The predicted octanol–water partition coefficient (Wildman–Crippen LogP) is 9.01. The molecule has 10 aromatic rings. The fourth-order valence-corrected chi connectivity index (χ4v) is 23.7. The molecule has 10 aromatic heterocycles. The lowest BCUT2D eigenvalue weighted by atomic mass is 10.1. The molecule has 15 rings (SSSR count). The zero-order valence-corrected chi connectivity index (χ0v) is 85.9. The summed E-state index contributed by atoms with van der Waals surface area (Å²) in [5, 5.41) is 108. The average Bonchev–Trinajstić information content (AvgIpc) is 1.60. The Morgan fingerprint density at radius 1 is 0.331 bits per heavy atom. The van der Waals surface area contributed by atoms with Gasteiger partial charge in [-0.2, -0.15) is 0 Å². The number of thioether (sulfide) groups is 3. The van der Waals surface area contributed by atoms with Gasteiger partial charge in [0.05, 0.1) is 59.6 Å². The van der Waals surface area contributed by atoms with E-state index in [4.69, 9.17) is 58.1 Å². The number of rotatable bonds is 33. The molecule has 738 valence electrons. The van der Waals surface area contributed by atoms with Crippen molar-refractivity contribution in [3.05, 3.63) is 61.2 Å². The number of ether oxygens (including phenoxy) is 5. The molecule has 5 saturated heterocycles. The van der Waals surface area contributed by atoms with Crippen molar-refractivity contribution in [1.82, 2.24) is 77.7 Å². The van der Waals surface area contributed by atoms with Gasteiger partial charge >= 0.3 is 0 Å². The minimum absolute atomic E-state index is 0.136. The Balaban J connectivity index is 0.000000160. The van der Waals surface area contributed by atoms with Gasteiger partial charge in [-0.3, -0.25) is 22.8 Å². The summed E-state index contributed by atoms with van der Waals surface area (Å²) in [5.41, 5.74) is 43.4. The molecule has 0 bridgehead atoms. The molecule has 0 aromatic carbocycles. The third-order valence-electron chi connectivity index (χ3n) is 23.4. The number of nitrogens with two attached hydrogens (primary N) is 6. The molecule has 22 N–H and O–H groups in total. The van der Waals surface area contributed by atoms with E-state index in [1.54, 1.807) is 110 Å². The zero-order chi connectivity index (χ0) is 97.4. The van der Waals surface area contributed by atoms with E-state index in [0.29, 0.717) is 132 Å². The summed E-state index contributed by atoms with van der Waals surface area (Å²) in [7, 11) is 0. The standard InChI is InChI=1S/2C20H33N4O3PS.C18H29N4O3PS.2C15H24N5O3P/c2*1-5-6-7-12-29-20-23-15-13(21)8-10-22-18(15)24(20)19-17(26)16(25)14(27-19)9-11-28(2,3)4;1-5-10-27-18-21-13-11(19)6-8-20-16(13)22(18)17-15(24)14(23)12(25-17)7-9-26(2,3)4;1-8-18-13(16)10-14(19-8)20(7-17-10)15-12(22)11(21)9(23-15)5-6-24(2,3)4;1-24(2,3)7-5-9-11(21)12(22)14(23-9)20-13-10(19-15(20)17)8(16)4-6-18-13/h2*8,10,14,16-17,19,25-26H,2,5-7,9,11-12H2,1,3-4H3,(H2,21,22);6,8,12,14-15,17,23-24H,2,5,7,9-10H2,1,3-4H3,(H2,19,20);7,9,11-12,15,21-22H,2,5-6H2,1,3-4H3,(H2,16,18,19);4,6,9,11-12,14,21-22H,1,5,7H2,2-3H3,(H2,16,18)(H2,17,19)/t2*14-,16-,17-,19?;12-,14-,15-,17?;9-,11-,12-,15?;9-,11-,12-,14?/m11111/s1. The van der Waals surface area contributed by atoms with E-state index < -0.39 is 157 Å². The van der Waals surface area contributed by atoms with Crippen LogP contribution in [0.5, 0.6) is 0 Å². The van der Waals surface area contributed by atoms with Gasteiger partial charge in [0.2, 0.25) is 5.95 Å². The van der Waals surface area contributed by atoms with E-state index in [0.717, 1.165) is 93.0 Å². The first kappa shape index (κ1) is 107. The maximum atomic E-state index is 10.8. The minimum Gasteiger partial charge on any atom is -0.397 e. The second-order valence-corrected chi connectivity index (χ2v) is 63.1. The van der Waals surface area contributed by atoms with E-state index in [1.807, 2.05) is 0 Å². The summed E-state index contributed by atoms with van der Waals surface area (Å²) in [6.45, 7) is 23.4. The molecule has 5 aliphatic heterocycles. The van der Waals surface area contributed by atoms with Gasteiger partial charge in [-0.15, -0.1) is 65.9 Å². The highest BCUT2D eigenvalue weighted by atomic mass is 32.2. The highest BCUT2D eigenvalue weighted by Crippen LogP contribution is 2.48. The van der Waals surface area contributed by atoms with Crippen LogP contribution in [-0.2, 0) is 23.7 Å². The van der Waals surface area contributed by atoms with Crippen LogP contribution in [-0.4, -0.2) is 366 Å². The Labute approximate surface area is 792 Å². The van der Waals surface area contributed by atoms with Gasteiger partial charge in [-0.25, -0.2) is 54.8 Å². The van der Waals surface area contributed by atoms with Gasteiger partial charge in [0.15, 0.2) is 80.7 Å². The second kappa shape index (κ2) is 45.8. The number of hydrogen-bond acceptors (Lipinski definition) is 35. The molecule has 45 heteroatoms. The number of fused-ring (bicyclic) bond motifs is 5. The van der Waals surface area contributed by atoms with Gasteiger partial charge < -0.3 is 109 Å². The van der Waals surface area contributed by atoms with Crippen LogP contribution in [0.25, 0.3) is 55.8 Å². The molecule has 37 nitrogen and oxygen atoms in total. The Kier molecular flexibility index (Phi) is 36.9. The molecular weight excluding hydrogens is 1860 g/mol. The van der Waals surface area contributed by atoms with Crippen LogP contribution < -0.4 is 34.4 Å². The van der Waals surface area contributed by atoms with Gasteiger partial charge in [0, 0.05) is 42.0 Å². The number of aliphatic hydroxyl groups excluding tert-OH is 10. The van der Waals surface area contributed by atoms with Crippen molar-refractivity contribution in [3.63, 3.8) is 0 Å². The van der Waals surface area contributed by atoms with Gasteiger partial charge in [0.25, 0.3) is 0 Å². The van der Waals surface area contributed by atoms with Crippen molar-refractivity contribution in [1.29, 1.82) is 0 Å². The maximum Gasteiger partial charge on any atom is 0.204 e. The van der Waals surface area contributed by atoms with Crippen molar-refractivity contribution < 1.29 is 74.7 Å². The van der Waals surface area contributed by atoms with E-state index in [2.05, 4.69) is 174 Å². The van der Waals surface area contributed by atoms with Crippen molar-refractivity contribution in [2.75, 3.05) is 149 Å². The lowest BCUT2D eigenvalue weighted by Gasteiger charge is -2.20. The molecule has 15 heterocycles. The van der Waals surface area contributed by atoms with E-state index in [-0.39, 0.29) is 11.8 Å². The van der Waals surface area contributed by atoms with Gasteiger partial charge in [0.1, 0.15) is 94.4 Å². The first-order chi connectivity index (χ1) is 62.5. The number of aliphatic hydroxyl groups is 10. The molecular formula is C88H143N22O15P5S3. The number of unbranched alkanes of at least 4 members (excludes halogenated alkanes) is 4. The summed E-state index contributed by atoms with van der Waals surface area (Å²) in [5.74, 6) is 3.62. The number of hydrogen-bond donors (Lipinski definition) is 16. The first-order valence-corrected chi connectivity index (χ1v) is 63.3. The Bertz CT molecular complexity index is 5700. The SMILES string of the molecule is C=P(C)(C)CC[C@H]1OC(n2c(N)nc3c(N)ccnc32)[C@H](O)[C@@H]1O.C=P(C)(C)CC[C@H]1OC(n2c(SCCC)nc3c(N)ccnc32)[C@H](O)[C@@H]1O.C=P(C)(C)CC[C@H]1OC(n2c(SCCCCC)nc3c(N)ccnc32)[C@H](O)[C@@H]1O.C=P(C)(C)CC[C@H]1OC(n2c(SCCCCC)nc3c(N)ccnc32)[C@H](O)[C@@H]1O.C=P(C)(C)CC[C@H]1OC(n2cnc3c(N)nc(C)nc32)[C@H](O)[C@@H]1O. The largest absolute Gasteiger partial charge is 0.397 e. The van der Waals surface area contributed by atoms with Crippen LogP contribution in [0.2, 0.25) is 0 Å². The monoisotopic (exact) mass is 2000 g/mol. The molecule has 0 aliphatic carbocycles. The first-order valence-electron chi connectivity index (χ1n) is 45.1. The molecule has 5 unspecified atom stereocenters. The number of pyridine rings is 4. The molecule has 0 amide bonds. The van der Waals surface area contributed by atoms with Crippen LogP contribution >= 0.6 is 69.7 Å². The Morgan fingerprint density at radius 2 is 0.609 bits per heavy atom. The van der Waals surface area contributed by atoms with Crippen LogP contribution in [0.3, 0.4) is 0 Å². The van der Waals surface area contributed by atoms with E-state index >= 15 is 0 Å². The number of imidazole rings is 5. The Hall–Kier alpha value is -6.22. The minimum atomic E-state index is -1.25. The fraction of sp³-hybridized carbons (Fsp3) is 0.614. The van der Waals surface area contributed by atoms with Crippen molar-refractivity contribution in [3.8, 4) is 0 Å². The van der Waals surface area contributed by atoms with Crippen LogP contribution in [0.4, 0.5) is 34.5 Å². The summed E-state index contributed by atoms with van der Waals surface area (Å²) < 4.78 is 38.8. The number of aromatic nitrogens is 16. The highest BCUT2D eigenvalue weighted by molar-refractivity contribution is 7.99. The lowest BCUT2D eigenvalue weighted by molar-refractivity contribution is -0.0400. The smallest absolute Gasteiger partial charge is 0.204 e. The van der Waals surface area contributed by atoms with Crippen LogP contribution in [0, 0.1) is 6.92 Å². The number of anilines is 6. The molecule has 0 saturated carbocycles. The number of aryl methyl sites for hydroxylation is 1.